The van der Waals surface area contributed by atoms with Gasteiger partial charge in [0.05, 0.1) is 0 Å². The summed E-state index contributed by atoms with van der Waals surface area (Å²) in [7, 11) is 0. The van der Waals surface area contributed by atoms with Crippen molar-refractivity contribution in [2.75, 3.05) is 13.1 Å². The molecule has 38 heavy (non-hydrogen) atoms. The lowest BCUT2D eigenvalue weighted by atomic mass is 9.77. The number of hydrogen-bond acceptors (Lipinski definition) is 5. The maximum absolute atomic E-state index is 12.3. The topological polar surface area (TPSA) is 73.1 Å². The van der Waals surface area contributed by atoms with Crippen LogP contribution in [0.2, 0.25) is 0 Å². The minimum absolute atomic E-state index is 0.370. The van der Waals surface area contributed by atoms with E-state index in [2.05, 4.69) is 46.7 Å². The van der Waals surface area contributed by atoms with Crippen LogP contribution in [0.3, 0.4) is 0 Å². The molecular formula is C31H29N5O2. The molecule has 7 nitrogen and oxygen atoms in total. The number of tetrazole rings is 1. The molecule has 1 aromatic heterocycles. The smallest absolute Gasteiger partial charge is 0.410 e. The number of carbonyl (C=O) groups excluding carboxylic acids is 1. The van der Waals surface area contributed by atoms with Crippen LogP contribution in [0.4, 0.5) is 4.79 Å². The first-order valence-corrected chi connectivity index (χ1v) is 12.7. The summed E-state index contributed by atoms with van der Waals surface area (Å²) in [5.41, 5.74) is 2.97. The first kappa shape index (κ1) is 24.9. The molecule has 0 saturated carbocycles. The van der Waals surface area contributed by atoms with Gasteiger partial charge in [-0.15, -0.1) is 15.0 Å². The molecule has 0 aliphatic carbocycles. The summed E-state index contributed by atoms with van der Waals surface area (Å²) in [6.07, 6.45) is -0.370. The standard InChI is InChI=1S/C31H29N5O2/c1-3-35(4-2)30(37)38-28-22-20-24(21-23-28)29-32-34-36(33-29)31(25-14-8-5-9-15-25,26-16-10-6-11-17-26)27-18-12-7-13-19-27/h5-23H,3-4H2,1-2H3. The Kier molecular flexibility index (Phi) is 7.26. The van der Waals surface area contributed by atoms with Gasteiger partial charge in [-0.2, -0.15) is 0 Å². The van der Waals surface area contributed by atoms with Crippen molar-refractivity contribution < 1.29 is 9.53 Å². The molecule has 0 radical (unpaired) electrons. The maximum Gasteiger partial charge on any atom is 0.415 e. The van der Waals surface area contributed by atoms with Crippen LogP contribution < -0.4 is 4.74 Å². The zero-order valence-corrected chi connectivity index (χ0v) is 21.4. The summed E-state index contributed by atoms with van der Waals surface area (Å²) >= 11 is 0. The van der Waals surface area contributed by atoms with Gasteiger partial charge in [-0.25, -0.2) is 4.79 Å². The third-order valence-electron chi connectivity index (χ3n) is 6.63. The molecule has 0 spiro atoms. The average molecular weight is 504 g/mol. The number of benzene rings is 4. The van der Waals surface area contributed by atoms with Crippen molar-refractivity contribution in [3.63, 3.8) is 0 Å². The van der Waals surface area contributed by atoms with Gasteiger partial charge in [0.25, 0.3) is 0 Å². The molecule has 1 amide bonds. The van der Waals surface area contributed by atoms with Gasteiger partial charge in [-0.05, 0) is 60.0 Å². The van der Waals surface area contributed by atoms with Gasteiger partial charge >= 0.3 is 6.09 Å². The molecule has 0 fully saturated rings. The van der Waals surface area contributed by atoms with Crippen molar-refractivity contribution in [2.45, 2.75) is 19.4 Å². The Morgan fingerprint density at radius 2 is 1.21 bits per heavy atom. The van der Waals surface area contributed by atoms with E-state index in [1.165, 1.54) is 0 Å². The van der Waals surface area contributed by atoms with Crippen LogP contribution in [0.15, 0.2) is 115 Å². The predicted octanol–water partition coefficient (Wildman–Crippen LogP) is 6.02. The molecule has 0 atom stereocenters. The monoisotopic (exact) mass is 503 g/mol. The maximum atomic E-state index is 12.3. The van der Waals surface area contributed by atoms with Gasteiger partial charge in [0.15, 0.2) is 5.54 Å². The number of nitrogens with zero attached hydrogens (tertiary/aromatic N) is 5. The summed E-state index contributed by atoms with van der Waals surface area (Å²) < 4.78 is 5.51. The summed E-state index contributed by atoms with van der Waals surface area (Å²) in [6.45, 7) is 5.02. The zero-order valence-electron chi connectivity index (χ0n) is 21.4. The Bertz CT molecular complexity index is 1370. The number of hydrogen-bond donors (Lipinski definition) is 0. The predicted molar refractivity (Wildman–Crippen MR) is 147 cm³/mol. The molecule has 0 aliphatic heterocycles. The number of aromatic nitrogens is 4. The van der Waals surface area contributed by atoms with Crippen LogP contribution in [0.1, 0.15) is 30.5 Å². The first-order chi connectivity index (χ1) is 18.7. The zero-order chi connectivity index (χ0) is 26.4. The van der Waals surface area contributed by atoms with Crippen LogP contribution in [-0.2, 0) is 5.54 Å². The van der Waals surface area contributed by atoms with Crippen LogP contribution in [-0.4, -0.2) is 44.3 Å². The highest BCUT2D eigenvalue weighted by atomic mass is 16.6. The molecule has 0 N–H and O–H groups in total. The van der Waals surface area contributed by atoms with E-state index in [0.29, 0.717) is 24.7 Å². The van der Waals surface area contributed by atoms with Crippen molar-refractivity contribution in [1.82, 2.24) is 25.1 Å². The Morgan fingerprint density at radius 1 is 0.737 bits per heavy atom. The van der Waals surface area contributed by atoms with E-state index >= 15 is 0 Å². The Balaban J connectivity index is 1.57. The first-order valence-electron chi connectivity index (χ1n) is 12.7. The van der Waals surface area contributed by atoms with E-state index in [4.69, 9.17) is 9.84 Å². The highest BCUT2D eigenvalue weighted by molar-refractivity contribution is 5.71. The molecule has 4 aromatic carbocycles. The van der Waals surface area contributed by atoms with E-state index in [1.807, 2.05) is 80.6 Å². The van der Waals surface area contributed by atoms with E-state index < -0.39 is 5.54 Å². The van der Waals surface area contributed by atoms with Gasteiger partial charge < -0.3 is 9.64 Å². The molecule has 1 heterocycles. The second-order valence-corrected chi connectivity index (χ2v) is 8.78. The highest BCUT2D eigenvalue weighted by Crippen LogP contribution is 2.39. The van der Waals surface area contributed by atoms with Crippen molar-refractivity contribution in [3.05, 3.63) is 132 Å². The van der Waals surface area contributed by atoms with E-state index in [-0.39, 0.29) is 6.09 Å². The van der Waals surface area contributed by atoms with Crippen LogP contribution in [0, 0.1) is 0 Å². The van der Waals surface area contributed by atoms with Gasteiger partial charge in [-0.1, -0.05) is 91.0 Å². The SMILES string of the molecule is CCN(CC)C(=O)Oc1ccc(-c2nnn(C(c3ccccc3)(c3ccccc3)c3ccccc3)n2)cc1. The summed E-state index contributed by atoms with van der Waals surface area (Å²) in [5, 5.41) is 13.9. The Morgan fingerprint density at radius 3 is 1.66 bits per heavy atom. The van der Waals surface area contributed by atoms with Crippen molar-refractivity contribution in [3.8, 4) is 17.1 Å². The van der Waals surface area contributed by atoms with Crippen molar-refractivity contribution >= 4 is 6.09 Å². The summed E-state index contributed by atoms with van der Waals surface area (Å²) in [5.74, 6) is 0.934. The minimum Gasteiger partial charge on any atom is -0.410 e. The quantitative estimate of drug-likeness (QED) is 0.242. The molecule has 0 saturated heterocycles. The van der Waals surface area contributed by atoms with Crippen LogP contribution >= 0.6 is 0 Å². The molecule has 7 heteroatoms. The number of carbonyl (C=O) groups is 1. The summed E-state index contributed by atoms with van der Waals surface area (Å²) in [4.78, 5) is 15.6. The second-order valence-electron chi connectivity index (χ2n) is 8.78. The lowest BCUT2D eigenvalue weighted by Gasteiger charge is -2.34. The average Bonchev–Trinajstić information content (AvgIpc) is 3.47. The van der Waals surface area contributed by atoms with Gasteiger partial charge in [0, 0.05) is 18.7 Å². The number of rotatable bonds is 8. The highest BCUT2D eigenvalue weighted by Gasteiger charge is 2.41. The summed E-state index contributed by atoms with van der Waals surface area (Å²) in [6, 6.07) is 37.8. The second kappa shape index (κ2) is 11.1. The van der Waals surface area contributed by atoms with Gasteiger partial charge in [0.1, 0.15) is 5.75 Å². The molecule has 5 aromatic rings. The fourth-order valence-corrected chi connectivity index (χ4v) is 4.68. The third-order valence-corrected chi connectivity index (χ3v) is 6.63. The Labute approximate surface area is 222 Å². The molecule has 0 bridgehead atoms. The molecular weight excluding hydrogens is 474 g/mol. The van der Waals surface area contributed by atoms with Gasteiger partial charge in [0.2, 0.25) is 5.82 Å². The molecule has 0 aliphatic rings. The Hall–Kier alpha value is -4.78. The van der Waals surface area contributed by atoms with Crippen molar-refractivity contribution in [1.29, 1.82) is 0 Å². The van der Waals surface area contributed by atoms with E-state index in [0.717, 1.165) is 22.3 Å². The van der Waals surface area contributed by atoms with E-state index in [1.54, 1.807) is 21.8 Å². The minimum atomic E-state index is -0.839. The van der Waals surface area contributed by atoms with Gasteiger partial charge in [-0.3, -0.25) is 0 Å². The van der Waals surface area contributed by atoms with Crippen LogP contribution in [0.25, 0.3) is 11.4 Å². The number of amides is 1. The van der Waals surface area contributed by atoms with Crippen LogP contribution in [0.5, 0.6) is 5.75 Å². The van der Waals surface area contributed by atoms with Crippen molar-refractivity contribution in [2.24, 2.45) is 0 Å². The normalized spacial score (nSPS) is 11.2. The fourth-order valence-electron chi connectivity index (χ4n) is 4.68. The number of ether oxygens (including phenoxy) is 1. The van der Waals surface area contributed by atoms with E-state index in [9.17, 15) is 4.79 Å². The molecule has 5 rings (SSSR count). The lowest BCUT2D eigenvalue weighted by Crippen LogP contribution is -2.39. The molecule has 190 valence electrons. The third kappa shape index (κ3) is 4.66. The lowest BCUT2D eigenvalue weighted by molar-refractivity contribution is 0.157. The fraction of sp³-hybridized carbons (Fsp3) is 0.161. The largest absolute Gasteiger partial charge is 0.415 e. The molecule has 0 unspecified atom stereocenters.